The Bertz CT molecular complexity index is 763. The molecule has 0 saturated heterocycles. The second-order valence-electron chi connectivity index (χ2n) is 4.80. The van der Waals surface area contributed by atoms with Crippen molar-refractivity contribution in [2.24, 2.45) is 7.05 Å². The normalized spacial score (nSPS) is 11.6. The average Bonchev–Trinajstić information content (AvgIpc) is 2.57. The Morgan fingerprint density at radius 3 is 2.40 bits per heavy atom. The number of nitrogens with one attached hydrogen (secondary N) is 1. The molecule has 7 heteroatoms. The Labute approximate surface area is 118 Å². The van der Waals surface area contributed by atoms with Crippen LogP contribution < -0.4 is 10.5 Å². The second kappa shape index (κ2) is 4.82. The van der Waals surface area contributed by atoms with Crippen LogP contribution >= 0.6 is 0 Å². The molecule has 0 aliphatic rings. The van der Waals surface area contributed by atoms with Gasteiger partial charge in [-0.25, -0.2) is 8.42 Å². The molecule has 2 aromatic rings. The molecule has 108 valence electrons. The molecule has 0 aliphatic heterocycles. The van der Waals surface area contributed by atoms with E-state index in [0.29, 0.717) is 22.8 Å². The Morgan fingerprint density at radius 1 is 1.25 bits per heavy atom. The zero-order valence-electron chi connectivity index (χ0n) is 11.9. The maximum Gasteiger partial charge on any atom is 0.265 e. The Balaban J connectivity index is 2.46. The van der Waals surface area contributed by atoms with Gasteiger partial charge in [-0.3, -0.25) is 9.40 Å². The number of rotatable bonds is 3. The van der Waals surface area contributed by atoms with E-state index in [-0.39, 0.29) is 4.90 Å². The number of hydrogen-bond donors (Lipinski definition) is 2. The summed E-state index contributed by atoms with van der Waals surface area (Å²) in [5.74, 6) is 0. The summed E-state index contributed by atoms with van der Waals surface area (Å²) in [6, 6.07) is 5.04. The van der Waals surface area contributed by atoms with Crippen LogP contribution in [0.1, 0.15) is 17.0 Å². The summed E-state index contributed by atoms with van der Waals surface area (Å²) in [4.78, 5) is 0.219. The van der Waals surface area contributed by atoms with Gasteiger partial charge in [-0.05, 0) is 44.5 Å². The predicted octanol–water partition coefficient (Wildman–Crippen LogP) is 1.73. The largest absolute Gasteiger partial charge is 0.399 e. The van der Waals surface area contributed by atoms with Crippen molar-refractivity contribution >= 4 is 21.4 Å². The van der Waals surface area contributed by atoms with Gasteiger partial charge >= 0.3 is 0 Å². The quantitative estimate of drug-likeness (QED) is 0.844. The fourth-order valence-corrected chi connectivity index (χ4v) is 3.71. The third-order valence-electron chi connectivity index (χ3n) is 3.21. The minimum absolute atomic E-state index is 0.219. The topological polar surface area (TPSA) is 90.0 Å². The minimum Gasteiger partial charge on any atom is -0.399 e. The second-order valence-corrected chi connectivity index (χ2v) is 6.42. The number of nitrogen functional groups attached to an aromatic ring is 1. The van der Waals surface area contributed by atoms with Crippen LogP contribution in [0.5, 0.6) is 0 Å². The van der Waals surface area contributed by atoms with E-state index in [0.717, 1.165) is 5.56 Å². The summed E-state index contributed by atoms with van der Waals surface area (Å²) in [6.45, 7) is 5.21. The van der Waals surface area contributed by atoms with Crippen LogP contribution in [-0.2, 0) is 17.1 Å². The van der Waals surface area contributed by atoms with Crippen molar-refractivity contribution in [3.05, 3.63) is 35.2 Å². The highest BCUT2D eigenvalue weighted by molar-refractivity contribution is 7.92. The van der Waals surface area contributed by atoms with Gasteiger partial charge in [0, 0.05) is 12.7 Å². The van der Waals surface area contributed by atoms with Gasteiger partial charge in [-0.1, -0.05) is 0 Å². The fourth-order valence-electron chi connectivity index (χ4n) is 2.14. The monoisotopic (exact) mass is 294 g/mol. The Kier molecular flexibility index (Phi) is 3.47. The summed E-state index contributed by atoms with van der Waals surface area (Å²) in [6.07, 6.45) is 0. The minimum atomic E-state index is -3.66. The number of hydrogen-bond acceptors (Lipinski definition) is 4. The van der Waals surface area contributed by atoms with Crippen molar-refractivity contribution in [3.8, 4) is 0 Å². The number of sulfonamides is 1. The summed E-state index contributed by atoms with van der Waals surface area (Å²) >= 11 is 0. The van der Waals surface area contributed by atoms with Crippen LogP contribution in [0.2, 0.25) is 0 Å². The van der Waals surface area contributed by atoms with Crippen LogP contribution in [0.25, 0.3) is 0 Å². The molecular formula is C13H18N4O2S. The van der Waals surface area contributed by atoms with Crippen LogP contribution in [0.3, 0.4) is 0 Å². The number of aromatic nitrogens is 2. The van der Waals surface area contributed by atoms with Crippen LogP contribution in [-0.4, -0.2) is 18.2 Å². The molecule has 0 spiro atoms. The number of benzene rings is 1. The number of aryl methyl sites for hydroxylation is 3. The molecule has 0 saturated carbocycles. The molecule has 1 aromatic heterocycles. The first-order chi connectivity index (χ1) is 9.22. The zero-order chi connectivity index (χ0) is 15.1. The molecule has 2 rings (SSSR count). The Morgan fingerprint density at radius 2 is 1.90 bits per heavy atom. The van der Waals surface area contributed by atoms with Gasteiger partial charge in [0.25, 0.3) is 10.0 Å². The third kappa shape index (κ3) is 2.49. The first kappa shape index (κ1) is 14.4. The van der Waals surface area contributed by atoms with Crippen molar-refractivity contribution in [1.82, 2.24) is 9.78 Å². The standard InChI is InChI=1S/C13H18N4O2S/c1-8-7-11(14)5-6-12(8)16-20(18,19)13-9(2)15-17(4)10(13)3/h5-7,16H,14H2,1-4H3. The van der Waals surface area contributed by atoms with Crippen LogP contribution in [0.15, 0.2) is 23.1 Å². The lowest BCUT2D eigenvalue weighted by atomic mass is 10.2. The van der Waals surface area contributed by atoms with Crippen molar-refractivity contribution < 1.29 is 8.42 Å². The molecule has 0 aliphatic carbocycles. The molecule has 3 N–H and O–H groups in total. The average molecular weight is 294 g/mol. The molecule has 0 atom stereocenters. The van der Waals surface area contributed by atoms with Crippen LogP contribution in [0, 0.1) is 20.8 Å². The highest BCUT2D eigenvalue weighted by atomic mass is 32.2. The summed E-state index contributed by atoms with van der Waals surface area (Å²) < 4.78 is 29.1. The molecule has 0 fully saturated rings. The summed E-state index contributed by atoms with van der Waals surface area (Å²) in [7, 11) is -1.95. The van der Waals surface area contributed by atoms with Crippen LogP contribution in [0.4, 0.5) is 11.4 Å². The molecule has 0 amide bonds. The molecule has 6 nitrogen and oxygen atoms in total. The van der Waals surface area contributed by atoms with E-state index in [1.54, 1.807) is 50.7 Å². The third-order valence-corrected chi connectivity index (χ3v) is 4.82. The fraction of sp³-hybridized carbons (Fsp3) is 0.308. The van der Waals surface area contributed by atoms with E-state index in [1.807, 2.05) is 0 Å². The van der Waals surface area contributed by atoms with Crippen molar-refractivity contribution in [2.75, 3.05) is 10.5 Å². The number of anilines is 2. The van der Waals surface area contributed by atoms with E-state index in [2.05, 4.69) is 9.82 Å². The molecule has 20 heavy (non-hydrogen) atoms. The number of nitrogens with zero attached hydrogens (tertiary/aromatic N) is 2. The first-order valence-corrected chi connectivity index (χ1v) is 7.60. The summed E-state index contributed by atoms with van der Waals surface area (Å²) in [5, 5.41) is 4.13. The lowest BCUT2D eigenvalue weighted by Gasteiger charge is -2.11. The van der Waals surface area contributed by atoms with E-state index in [1.165, 1.54) is 0 Å². The molecule has 0 radical (unpaired) electrons. The van der Waals surface area contributed by atoms with E-state index in [9.17, 15) is 8.42 Å². The van der Waals surface area contributed by atoms with Gasteiger partial charge in [0.2, 0.25) is 0 Å². The molecule has 0 bridgehead atoms. The Hall–Kier alpha value is -2.02. The predicted molar refractivity (Wildman–Crippen MR) is 79.1 cm³/mol. The van der Waals surface area contributed by atoms with Crippen molar-refractivity contribution in [2.45, 2.75) is 25.7 Å². The van der Waals surface area contributed by atoms with Gasteiger partial charge in [-0.15, -0.1) is 0 Å². The lowest BCUT2D eigenvalue weighted by Crippen LogP contribution is -2.15. The lowest BCUT2D eigenvalue weighted by molar-refractivity contribution is 0.599. The van der Waals surface area contributed by atoms with Gasteiger partial charge in [-0.2, -0.15) is 5.10 Å². The van der Waals surface area contributed by atoms with Gasteiger partial charge in [0.05, 0.1) is 17.1 Å². The SMILES string of the molecule is Cc1cc(N)ccc1NS(=O)(=O)c1c(C)nn(C)c1C. The van der Waals surface area contributed by atoms with Gasteiger partial charge in [0.1, 0.15) is 4.90 Å². The summed E-state index contributed by atoms with van der Waals surface area (Å²) in [5.41, 5.74) is 8.62. The first-order valence-electron chi connectivity index (χ1n) is 6.11. The smallest absolute Gasteiger partial charge is 0.265 e. The molecule has 0 unspecified atom stereocenters. The van der Waals surface area contributed by atoms with E-state index >= 15 is 0 Å². The molecule has 1 aromatic carbocycles. The van der Waals surface area contributed by atoms with Crippen molar-refractivity contribution in [1.29, 1.82) is 0 Å². The van der Waals surface area contributed by atoms with Gasteiger partial charge < -0.3 is 5.73 Å². The highest BCUT2D eigenvalue weighted by Crippen LogP contribution is 2.24. The van der Waals surface area contributed by atoms with E-state index < -0.39 is 10.0 Å². The molecular weight excluding hydrogens is 276 g/mol. The number of nitrogens with two attached hydrogens (primary N) is 1. The maximum absolute atomic E-state index is 12.5. The maximum atomic E-state index is 12.5. The van der Waals surface area contributed by atoms with Gasteiger partial charge in [0.15, 0.2) is 0 Å². The van der Waals surface area contributed by atoms with E-state index in [4.69, 9.17) is 5.73 Å². The highest BCUT2D eigenvalue weighted by Gasteiger charge is 2.24. The van der Waals surface area contributed by atoms with Crippen molar-refractivity contribution in [3.63, 3.8) is 0 Å². The zero-order valence-corrected chi connectivity index (χ0v) is 12.7. The molecule has 1 heterocycles.